The lowest BCUT2D eigenvalue weighted by molar-refractivity contribution is -0.146. The molecule has 1 aliphatic carbocycles. The zero-order valence-electron chi connectivity index (χ0n) is 17.2. The minimum absolute atomic E-state index is 0.0791. The predicted molar refractivity (Wildman–Crippen MR) is 113 cm³/mol. The smallest absolute Gasteiger partial charge is 0.407 e. The van der Waals surface area contributed by atoms with Crippen LogP contribution in [0.15, 0.2) is 48.5 Å². The molecular weight excluding hydrogens is 416 g/mol. The van der Waals surface area contributed by atoms with Crippen molar-refractivity contribution in [2.24, 2.45) is 0 Å². The predicted octanol–water partition coefficient (Wildman–Crippen LogP) is 1.24. The number of hydrogen-bond donors (Lipinski definition) is 4. The number of rotatable bonds is 7. The molecule has 0 radical (unpaired) electrons. The zero-order valence-corrected chi connectivity index (χ0v) is 17.2. The maximum Gasteiger partial charge on any atom is 0.407 e. The van der Waals surface area contributed by atoms with E-state index in [1.807, 2.05) is 36.4 Å². The largest absolute Gasteiger partial charge is 0.479 e. The van der Waals surface area contributed by atoms with Gasteiger partial charge in [-0.05, 0) is 28.7 Å². The van der Waals surface area contributed by atoms with Crippen LogP contribution in [0.2, 0.25) is 0 Å². The van der Waals surface area contributed by atoms with Crippen molar-refractivity contribution in [3.8, 4) is 11.1 Å². The third-order valence-corrected chi connectivity index (χ3v) is 5.75. The summed E-state index contributed by atoms with van der Waals surface area (Å²) in [5.41, 5.74) is 4.45. The van der Waals surface area contributed by atoms with Crippen molar-refractivity contribution in [3.05, 3.63) is 59.7 Å². The van der Waals surface area contributed by atoms with E-state index in [2.05, 4.69) is 22.8 Å². The topological polar surface area (TPSA) is 134 Å². The first-order chi connectivity index (χ1) is 15.5. The van der Waals surface area contributed by atoms with Crippen molar-refractivity contribution in [2.45, 2.75) is 30.6 Å². The molecular formula is C23H24N2O7. The van der Waals surface area contributed by atoms with Crippen molar-refractivity contribution in [1.29, 1.82) is 0 Å². The van der Waals surface area contributed by atoms with E-state index in [1.165, 1.54) is 0 Å². The molecule has 1 heterocycles. The van der Waals surface area contributed by atoms with Crippen molar-refractivity contribution in [2.75, 3.05) is 19.8 Å². The number of fused-ring (bicyclic) bond motifs is 3. The average molecular weight is 440 g/mol. The maximum absolute atomic E-state index is 12.5. The molecule has 4 rings (SSSR count). The number of carbonyl (C=O) groups is 3. The molecule has 0 saturated carbocycles. The van der Waals surface area contributed by atoms with E-state index >= 15 is 0 Å². The second-order valence-electron chi connectivity index (χ2n) is 7.76. The van der Waals surface area contributed by atoms with Crippen molar-refractivity contribution in [1.82, 2.24) is 10.6 Å². The number of aliphatic hydroxyl groups is 1. The van der Waals surface area contributed by atoms with Gasteiger partial charge in [0.2, 0.25) is 0 Å². The molecule has 2 aliphatic rings. The zero-order chi connectivity index (χ0) is 22.7. The molecule has 1 aliphatic heterocycles. The number of carboxylic acids is 1. The lowest BCUT2D eigenvalue weighted by Crippen LogP contribution is -2.50. The Morgan fingerprint density at radius 1 is 1.06 bits per heavy atom. The van der Waals surface area contributed by atoms with Crippen LogP contribution in [0.4, 0.5) is 4.79 Å². The minimum Gasteiger partial charge on any atom is -0.479 e. The molecule has 0 aromatic heterocycles. The third-order valence-electron chi connectivity index (χ3n) is 5.75. The number of hydrogen-bond acceptors (Lipinski definition) is 6. The van der Waals surface area contributed by atoms with Crippen LogP contribution >= 0.6 is 0 Å². The molecule has 1 unspecified atom stereocenters. The molecule has 4 N–H and O–H groups in total. The van der Waals surface area contributed by atoms with Crippen LogP contribution in [0.1, 0.15) is 23.5 Å². The number of ether oxygens (including phenoxy) is 2. The van der Waals surface area contributed by atoms with Crippen LogP contribution in [0.25, 0.3) is 11.1 Å². The van der Waals surface area contributed by atoms with Gasteiger partial charge in [-0.15, -0.1) is 0 Å². The molecule has 9 heteroatoms. The van der Waals surface area contributed by atoms with Gasteiger partial charge < -0.3 is 30.3 Å². The Labute approximate surface area is 184 Å². The summed E-state index contributed by atoms with van der Waals surface area (Å²) in [4.78, 5) is 35.4. The Bertz CT molecular complexity index is 979. The molecule has 2 aromatic carbocycles. The van der Waals surface area contributed by atoms with Gasteiger partial charge in [0, 0.05) is 12.5 Å². The van der Waals surface area contributed by atoms with E-state index in [0.717, 1.165) is 22.3 Å². The van der Waals surface area contributed by atoms with Crippen molar-refractivity contribution < 1.29 is 34.1 Å². The Balaban J connectivity index is 1.34. The summed E-state index contributed by atoms with van der Waals surface area (Å²) >= 11 is 0. The first-order valence-corrected chi connectivity index (χ1v) is 10.4. The summed E-state index contributed by atoms with van der Waals surface area (Å²) in [6.07, 6.45) is -2.96. The number of aliphatic hydroxyl groups excluding tert-OH is 1. The molecule has 1 saturated heterocycles. The van der Waals surface area contributed by atoms with Crippen LogP contribution in [-0.4, -0.2) is 66.2 Å². The average Bonchev–Trinajstić information content (AvgIpc) is 3.38. The van der Waals surface area contributed by atoms with Crippen LogP contribution in [0.5, 0.6) is 0 Å². The summed E-state index contributed by atoms with van der Waals surface area (Å²) in [5.74, 6) is -2.12. The third kappa shape index (κ3) is 4.44. The highest BCUT2D eigenvalue weighted by Crippen LogP contribution is 2.44. The number of aliphatic carboxylic acids is 1. The molecule has 2 aromatic rings. The van der Waals surface area contributed by atoms with Gasteiger partial charge in [-0.2, -0.15) is 0 Å². The van der Waals surface area contributed by atoms with Gasteiger partial charge >= 0.3 is 12.1 Å². The highest BCUT2D eigenvalue weighted by Gasteiger charge is 2.36. The van der Waals surface area contributed by atoms with Crippen molar-refractivity contribution >= 4 is 18.0 Å². The number of amides is 2. The van der Waals surface area contributed by atoms with Crippen LogP contribution in [0, 0.1) is 0 Å². The first kappa shape index (κ1) is 21.8. The van der Waals surface area contributed by atoms with E-state index in [4.69, 9.17) is 14.6 Å². The molecule has 168 valence electrons. The van der Waals surface area contributed by atoms with Gasteiger partial charge in [-0.25, -0.2) is 9.59 Å². The fraction of sp³-hybridized carbons (Fsp3) is 0.348. The number of alkyl carbamates (subject to hydrolysis) is 1. The number of carbonyl (C=O) groups excluding carboxylic acids is 2. The lowest BCUT2D eigenvalue weighted by atomic mass is 9.98. The highest BCUT2D eigenvalue weighted by atomic mass is 16.6. The molecule has 0 bridgehead atoms. The summed E-state index contributed by atoms with van der Waals surface area (Å²) in [7, 11) is 0. The lowest BCUT2D eigenvalue weighted by Gasteiger charge is -2.20. The van der Waals surface area contributed by atoms with Crippen molar-refractivity contribution in [3.63, 3.8) is 0 Å². The Morgan fingerprint density at radius 3 is 2.31 bits per heavy atom. The summed E-state index contributed by atoms with van der Waals surface area (Å²) in [6, 6.07) is 15.4. The normalized spacial score (nSPS) is 20.2. The van der Waals surface area contributed by atoms with Gasteiger partial charge in [0.1, 0.15) is 6.61 Å². The first-order valence-electron chi connectivity index (χ1n) is 10.4. The quantitative estimate of drug-likeness (QED) is 0.509. The minimum atomic E-state index is -1.71. The van der Waals surface area contributed by atoms with E-state index in [9.17, 15) is 19.5 Å². The molecule has 1 fully saturated rings. The number of benzene rings is 2. The standard InChI is InChI=1S/C23H24N2O7/c26-19(22(28)29)11-24-21(27)20-18(9-10-31-20)25-23(30)32-12-17-15-7-3-1-5-13(15)14-6-2-4-8-16(14)17/h1-8,17-20,26H,9-12H2,(H,24,27)(H,25,30)(H,28,29)/t18-,19?,20+/m1/s1. The summed E-state index contributed by atoms with van der Waals surface area (Å²) in [6.45, 7) is -0.0469. The van der Waals surface area contributed by atoms with Gasteiger partial charge in [-0.1, -0.05) is 48.5 Å². The van der Waals surface area contributed by atoms with Crippen LogP contribution in [-0.2, 0) is 19.1 Å². The fourth-order valence-corrected chi connectivity index (χ4v) is 4.17. The maximum atomic E-state index is 12.5. The number of nitrogens with one attached hydrogen (secondary N) is 2. The summed E-state index contributed by atoms with van der Waals surface area (Å²) in [5, 5.41) is 23.0. The molecule has 3 atom stereocenters. The van der Waals surface area contributed by atoms with E-state index in [1.54, 1.807) is 0 Å². The highest BCUT2D eigenvalue weighted by molar-refractivity contribution is 5.84. The SMILES string of the molecule is O=C(N[C@@H]1CCO[C@@H]1C(=O)NCC(O)C(=O)O)OCC1c2ccccc2-c2ccccc21. The second kappa shape index (κ2) is 9.37. The summed E-state index contributed by atoms with van der Waals surface area (Å²) < 4.78 is 10.9. The molecule has 0 spiro atoms. The second-order valence-corrected chi connectivity index (χ2v) is 7.76. The molecule has 32 heavy (non-hydrogen) atoms. The Hall–Kier alpha value is -3.43. The van der Waals surface area contributed by atoms with Crippen LogP contribution in [0.3, 0.4) is 0 Å². The number of carboxylic acid groups (broad SMARTS) is 1. The Morgan fingerprint density at radius 2 is 1.69 bits per heavy atom. The molecule has 9 nitrogen and oxygen atoms in total. The van der Waals surface area contributed by atoms with E-state index in [0.29, 0.717) is 6.42 Å². The van der Waals surface area contributed by atoms with Gasteiger partial charge in [-0.3, -0.25) is 4.79 Å². The van der Waals surface area contributed by atoms with Gasteiger partial charge in [0.15, 0.2) is 12.2 Å². The Kier molecular flexibility index (Phi) is 6.38. The van der Waals surface area contributed by atoms with E-state index in [-0.39, 0.29) is 19.1 Å². The fourth-order valence-electron chi connectivity index (χ4n) is 4.17. The van der Waals surface area contributed by atoms with Gasteiger partial charge in [0.25, 0.3) is 5.91 Å². The van der Waals surface area contributed by atoms with Gasteiger partial charge in [0.05, 0.1) is 12.6 Å². The monoisotopic (exact) mass is 440 g/mol. The van der Waals surface area contributed by atoms with Crippen LogP contribution < -0.4 is 10.6 Å². The van der Waals surface area contributed by atoms with E-state index < -0.39 is 42.8 Å². The molecule has 2 amide bonds.